The van der Waals surface area contributed by atoms with E-state index in [-0.39, 0.29) is 11.1 Å². The predicted octanol–water partition coefficient (Wildman–Crippen LogP) is 0.0746. The smallest absolute Gasteiger partial charge is 0.258 e. The highest BCUT2D eigenvalue weighted by atomic mass is 16.2. The van der Waals surface area contributed by atoms with Crippen molar-refractivity contribution in [2.24, 2.45) is 0 Å². The molecule has 21 heavy (non-hydrogen) atoms. The molecule has 0 bridgehead atoms. The van der Waals surface area contributed by atoms with Crippen molar-refractivity contribution in [2.45, 2.75) is 6.92 Å². The fourth-order valence-corrected chi connectivity index (χ4v) is 2.46. The van der Waals surface area contributed by atoms with Gasteiger partial charge in [-0.05, 0) is 23.6 Å². The van der Waals surface area contributed by atoms with E-state index in [2.05, 4.69) is 10.6 Å². The molecular formula is C15H10N2O4. The average molecular weight is 282 g/mol. The lowest BCUT2D eigenvalue weighted by atomic mass is 9.90. The molecule has 0 radical (unpaired) electrons. The molecule has 1 aromatic carbocycles. The van der Waals surface area contributed by atoms with Crippen LogP contribution in [0.25, 0.3) is 11.1 Å². The van der Waals surface area contributed by atoms with Crippen molar-refractivity contribution >= 4 is 34.8 Å². The number of hydrogen-bond acceptors (Lipinski definition) is 4. The lowest BCUT2D eigenvalue weighted by molar-refractivity contribution is -0.124. The Hall–Kier alpha value is -3.02. The maximum Gasteiger partial charge on any atom is 0.258 e. The van der Waals surface area contributed by atoms with Crippen LogP contribution >= 0.6 is 0 Å². The van der Waals surface area contributed by atoms with Crippen LogP contribution in [0.3, 0.4) is 0 Å². The largest absolute Gasteiger partial charge is 0.289 e. The van der Waals surface area contributed by atoms with Crippen LogP contribution in [-0.4, -0.2) is 23.6 Å². The van der Waals surface area contributed by atoms with Gasteiger partial charge in [0.05, 0.1) is 11.1 Å². The summed E-state index contributed by atoms with van der Waals surface area (Å²) in [4.78, 5) is 46.3. The van der Waals surface area contributed by atoms with Crippen LogP contribution in [0.4, 0.5) is 0 Å². The molecule has 104 valence electrons. The number of hydrogen-bond donors (Lipinski definition) is 2. The first-order valence-corrected chi connectivity index (χ1v) is 6.22. The summed E-state index contributed by atoms with van der Waals surface area (Å²) in [7, 11) is 0. The van der Waals surface area contributed by atoms with Crippen molar-refractivity contribution in [3.8, 4) is 0 Å². The number of carbonyl (C=O) groups excluding carboxylic acids is 4. The standard InChI is InChI=1S/C15H10N2O4/c1-7-3-2-4-8(9-5-11(18)16-14(9)20)13(7)10-6-12(19)17-15(10)21/h2-6H,1H3,(H,16,18,20)(H,17,19,21). The van der Waals surface area contributed by atoms with Crippen LogP contribution in [0.2, 0.25) is 0 Å². The Kier molecular flexibility index (Phi) is 2.79. The molecule has 0 saturated carbocycles. The topological polar surface area (TPSA) is 92.3 Å². The van der Waals surface area contributed by atoms with Gasteiger partial charge in [-0.15, -0.1) is 0 Å². The van der Waals surface area contributed by atoms with Crippen LogP contribution < -0.4 is 10.6 Å². The third-order valence-corrected chi connectivity index (χ3v) is 3.35. The Labute approximate surface area is 119 Å². The number of nitrogens with one attached hydrogen (secondary N) is 2. The van der Waals surface area contributed by atoms with Crippen LogP contribution in [0.1, 0.15) is 16.7 Å². The van der Waals surface area contributed by atoms with E-state index in [1.807, 2.05) is 0 Å². The summed E-state index contributed by atoms with van der Waals surface area (Å²) in [6, 6.07) is 5.13. The monoisotopic (exact) mass is 282 g/mol. The normalized spacial score (nSPS) is 17.6. The third kappa shape index (κ3) is 2.06. The predicted molar refractivity (Wildman–Crippen MR) is 73.4 cm³/mol. The van der Waals surface area contributed by atoms with E-state index in [0.29, 0.717) is 11.1 Å². The van der Waals surface area contributed by atoms with Gasteiger partial charge in [-0.25, -0.2) is 0 Å². The van der Waals surface area contributed by atoms with E-state index in [9.17, 15) is 19.2 Å². The highest BCUT2D eigenvalue weighted by Crippen LogP contribution is 2.31. The van der Waals surface area contributed by atoms with Crippen LogP contribution in [0.5, 0.6) is 0 Å². The van der Waals surface area contributed by atoms with E-state index in [1.54, 1.807) is 25.1 Å². The quantitative estimate of drug-likeness (QED) is 0.751. The molecule has 2 aliphatic rings. The highest BCUT2D eigenvalue weighted by molar-refractivity contribution is 6.37. The van der Waals surface area contributed by atoms with Crippen molar-refractivity contribution in [2.75, 3.05) is 0 Å². The molecule has 0 aromatic heterocycles. The minimum absolute atomic E-state index is 0.187. The molecule has 0 atom stereocenters. The van der Waals surface area contributed by atoms with Gasteiger partial charge in [-0.1, -0.05) is 18.2 Å². The van der Waals surface area contributed by atoms with E-state index in [1.165, 1.54) is 12.2 Å². The number of amides is 4. The van der Waals surface area contributed by atoms with Gasteiger partial charge in [-0.3, -0.25) is 29.8 Å². The molecule has 0 saturated heterocycles. The van der Waals surface area contributed by atoms with Gasteiger partial charge >= 0.3 is 0 Å². The summed E-state index contributed by atoms with van der Waals surface area (Å²) in [5, 5.41) is 4.34. The summed E-state index contributed by atoms with van der Waals surface area (Å²) in [5.41, 5.74) is 2.05. The molecule has 0 spiro atoms. The molecule has 1 aromatic rings. The lowest BCUT2D eigenvalue weighted by Crippen LogP contribution is -2.23. The summed E-state index contributed by atoms with van der Waals surface area (Å²) < 4.78 is 0. The van der Waals surface area contributed by atoms with Crippen LogP contribution in [-0.2, 0) is 19.2 Å². The number of rotatable bonds is 2. The second kappa shape index (κ2) is 4.52. The van der Waals surface area contributed by atoms with Crippen molar-refractivity contribution in [3.05, 3.63) is 47.0 Å². The molecule has 6 heteroatoms. The summed E-state index contributed by atoms with van der Waals surface area (Å²) >= 11 is 0. The average Bonchev–Trinajstić information content (AvgIpc) is 2.91. The van der Waals surface area contributed by atoms with Gasteiger partial charge in [0.1, 0.15) is 0 Å². The van der Waals surface area contributed by atoms with Gasteiger partial charge in [0, 0.05) is 12.2 Å². The Morgan fingerprint density at radius 1 is 0.810 bits per heavy atom. The van der Waals surface area contributed by atoms with E-state index >= 15 is 0 Å². The van der Waals surface area contributed by atoms with Crippen molar-refractivity contribution in [1.29, 1.82) is 0 Å². The van der Waals surface area contributed by atoms with Gasteiger partial charge in [-0.2, -0.15) is 0 Å². The Morgan fingerprint density at radius 3 is 1.90 bits per heavy atom. The minimum Gasteiger partial charge on any atom is -0.289 e. The molecular weight excluding hydrogens is 272 g/mol. The van der Waals surface area contributed by atoms with E-state index in [0.717, 1.165) is 5.56 Å². The molecule has 6 nitrogen and oxygen atoms in total. The Balaban J connectivity index is 2.23. The number of carbonyl (C=O) groups is 4. The first-order chi connectivity index (χ1) is 9.97. The molecule has 0 fully saturated rings. The maximum atomic E-state index is 11.9. The van der Waals surface area contributed by atoms with Crippen LogP contribution in [0.15, 0.2) is 30.4 Å². The highest BCUT2D eigenvalue weighted by Gasteiger charge is 2.30. The fraction of sp³-hybridized carbons (Fsp3) is 0.0667. The summed E-state index contributed by atoms with van der Waals surface area (Å²) in [6.45, 7) is 1.77. The number of imide groups is 2. The first kappa shape index (κ1) is 13.0. The molecule has 0 aliphatic carbocycles. The van der Waals surface area contributed by atoms with Crippen molar-refractivity contribution in [3.63, 3.8) is 0 Å². The van der Waals surface area contributed by atoms with Gasteiger partial charge in [0.25, 0.3) is 23.6 Å². The second-order valence-electron chi connectivity index (χ2n) is 4.75. The summed E-state index contributed by atoms with van der Waals surface area (Å²) in [6.07, 6.45) is 2.39. The zero-order valence-electron chi connectivity index (χ0n) is 11.0. The van der Waals surface area contributed by atoms with Gasteiger partial charge < -0.3 is 0 Å². The first-order valence-electron chi connectivity index (χ1n) is 6.22. The zero-order chi connectivity index (χ0) is 15.1. The van der Waals surface area contributed by atoms with Crippen molar-refractivity contribution in [1.82, 2.24) is 10.6 Å². The molecule has 0 unspecified atom stereocenters. The van der Waals surface area contributed by atoms with E-state index < -0.39 is 23.6 Å². The van der Waals surface area contributed by atoms with Crippen molar-refractivity contribution < 1.29 is 19.2 Å². The SMILES string of the molecule is Cc1cccc(C2=CC(=O)NC2=O)c1C1=CC(=O)NC1=O. The molecule has 2 N–H and O–H groups in total. The van der Waals surface area contributed by atoms with Crippen LogP contribution in [0, 0.1) is 6.92 Å². The number of aryl methyl sites for hydroxylation is 1. The molecule has 3 rings (SSSR count). The molecule has 4 amide bonds. The van der Waals surface area contributed by atoms with Gasteiger partial charge in [0.2, 0.25) is 0 Å². The Morgan fingerprint density at radius 2 is 1.38 bits per heavy atom. The second-order valence-corrected chi connectivity index (χ2v) is 4.75. The van der Waals surface area contributed by atoms with E-state index in [4.69, 9.17) is 0 Å². The number of benzene rings is 1. The summed E-state index contributed by atoms with van der Waals surface area (Å²) in [5.74, 6) is -2.02. The molecule has 2 heterocycles. The third-order valence-electron chi connectivity index (χ3n) is 3.35. The zero-order valence-corrected chi connectivity index (χ0v) is 11.0. The Bertz CT molecular complexity index is 787. The minimum atomic E-state index is -0.516. The fourth-order valence-electron chi connectivity index (χ4n) is 2.46. The lowest BCUT2D eigenvalue weighted by Gasteiger charge is -2.12. The maximum absolute atomic E-state index is 11.9. The molecule has 2 aliphatic heterocycles. The van der Waals surface area contributed by atoms with Gasteiger partial charge in [0.15, 0.2) is 0 Å².